The highest BCUT2D eigenvalue weighted by Crippen LogP contribution is 2.36. The summed E-state index contributed by atoms with van der Waals surface area (Å²) >= 11 is 0. The van der Waals surface area contributed by atoms with Crippen molar-refractivity contribution in [2.75, 3.05) is 7.05 Å². The topological polar surface area (TPSA) is 35.6 Å². The number of fused-ring (bicyclic) bond motifs is 2. The lowest BCUT2D eigenvalue weighted by molar-refractivity contribution is -0.134. The highest BCUT2D eigenvalue weighted by atomic mass is 16.2. The molecule has 4 nitrogen and oxygen atoms in total. The Morgan fingerprint density at radius 1 is 1.10 bits per heavy atom. The molecular weight excluding hydrogens is 250 g/mol. The number of nitrogens with zero attached hydrogens (tertiary/aromatic N) is 2. The normalized spacial score (nSPS) is 42.2. The Labute approximate surface area is 122 Å². The molecule has 3 heterocycles. The van der Waals surface area contributed by atoms with E-state index in [1.165, 1.54) is 32.1 Å². The molecule has 0 radical (unpaired) electrons. The zero-order chi connectivity index (χ0) is 14.3. The smallest absolute Gasteiger partial charge is 0.241 e. The third kappa shape index (κ3) is 2.27. The first-order chi connectivity index (χ1) is 9.65. The van der Waals surface area contributed by atoms with Crippen molar-refractivity contribution < 1.29 is 4.79 Å². The van der Waals surface area contributed by atoms with Gasteiger partial charge in [-0.1, -0.05) is 20.3 Å². The average Bonchev–Trinajstić information content (AvgIpc) is 2.75. The number of carbonyl (C=O) groups is 1. The zero-order valence-electron chi connectivity index (χ0n) is 13.1. The van der Waals surface area contributed by atoms with E-state index in [9.17, 15) is 4.79 Å². The van der Waals surface area contributed by atoms with E-state index in [-0.39, 0.29) is 12.2 Å². The highest BCUT2D eigenvalue weighted by molar-refractivity contribution is 5.84. The molecule has 4 heteroatoms. The molecule has 0 saturated carbocycles. The number of carbonyl (C=O) groups excluding carboxylic acids is 1. The van der Waals surface area contributed by atoms with Crippen LogP contribution < -0.4 is 5.32 Å². The molecule has 3 aliphatic rings. The number of hydrogen-bond donors (Lipinski definition) is 1. The van der Waals surface area contributed by atoms with E-state index < -0.39 is 0 Å². The van der Waals surface area contributed by atoms with E-state index in [1.54, 1.807) is 0 Å². The van der Waals surface area contributed by atoms with Crippen LogP contribution in [0.15, 0.2) is 0 Å². The Kier molecular flexibility index (Phi) is 4.04. The predicted molar refractivity (Wildman–Crippen MR) is 80.4 cm³/mol. The van der Waals surface area contributed by atoms with Gasteiger partial charge in [0.05, 0.1) is 12.2 Å². The van der Waals surface area contributed by atoms with Gasteiger partial charge in [0.15, 0.2) is 0 Å². The molecule has 0 aliphatic carbocycles. The molecule has 114 valence electrons. The monoisotopic (exact) mass is 279 g/mol. The quantitative estimate of drug-likeness (QED) is 0.857. The van der Waals surface area contributed by atoms with Crippen LogP contribution in [-0.2, 0) is 4.79 Å². The minimum Gasteiger partial charge on any atom is -0.323 e. The van der Waals surface area contributed by atoms with Crippen LogP contribution in [0.3, 0.4) is 0 Å². The maximum absolute atomic E-state index is 12.7. The lowest BCUT2D eigenvalue weighted by Crippen LogP contribution is -2.57. The Bertz CT molecular complexity index is 359. The van der Waals surface area contributed by atoms with Crippen molar-refractivity contribution >= 4 is 5.91 Å². The second-order valence-electron chi connectivity index (χ2n) is 6.83. The third-order valence-electron chi connectivity index (χ3n) is 5.79. The Morgan fingerprint density at radius 3 is 2.30 bits per heavy atom. The first kappa shape index (κ1) is 14.3. The van der Waals surface area contributed by atoms with Gasteiger partial charge in [-0.15, -0.1) is 0 Å². The minimum absolute atomic E-state index is 0.0550. The van der Waals surface area contributed by atoms with E-state index in [0.29, 0.717) is 24.0 Å². The molecule has 0 aromatic carbocycles. The van der Waals surface area contributed by atoms with E-state index >= 15 is 0 Å². The summed E-state index contributed by atoms with van der Waals surface area (Å²) in [6.45, 7) is 4.29. The van der Waals surface area contributed by atoms with Gasteiger partial charge in [0.25, 0.3) is 0 Å². The van der Waals surface area contributed by atoms with Gasteiger partial charge in [-0.3, -0.25) is 10.1 Å². The second kappa shape index (κ2) is 5.64. The van der Waals surface area contributed by atoms with Crippen molar-refractivity contribution in [1.82, 2.24) is 15.1 Å². The van der Waals surface area contributed by atoms with Gasteiger partial charge in [-0.2, -0.15) is 0 Å². The summed E-state index contributed by atoms with van der Waals surface area (Å²) in [5.41, 5.74) is 0. The first-order valence-corrected chi connectivity index (χ1v) is 8.45. The molecule has 3 rings (SSSR count). The Balaban J connectivity index is 1.76. The molecule has 3 saturated heterocycles. The molecule has 3 fully saturated rings. The summed E-state index contributed by atoms with van der Waals surface area (Å²) in [6.07, 6.45) is 8.53. The van der Waals surface area contributed by atoms with Crippen LogP contribution in [0, 0.1) is 0 Å². The summed E-state index contributed by atoms with van der Waals surface area (Å²) in [6, 6.07) is 1.90. The summed E-state index contributed by atoms with van der Waals surface area (Å²) in [7, 11) is 2.28. The summed E-state index contributed by atoms with van der Waals surface area (Å²) in [4.78, 5) is 17.4. The van der Waals surface area contributed by atoms with Gasteiger partial charge in [-0.25, -0.2) is 0 Å². The molecule has 4 unspecified atom stereocenters. The third-order valence-corrected chi connectivity index (χ3v) is 5.79. The van der Waals surface area contributed by atoms with Gasteiger partial charge >= 0.3 is 0 Å². The lowest BCUT2D eigenvalue weighted by atomic mass is 9.81. The number of amides is 1. The van der Waals surface area contributed by atoms with Crippen molar-refractivity contribution in [2.24, 2.45) is 0 Å². The van der Waals surface area contributed by atoms with Gasteiger partial charge in [0.2, 0.25) is 5.91 Å². The molecule has 1 N–H and O–H groups in total. The molecule has 0 spiro atoms. The van der Waals surface area contributed by atoms with Gasteiger partial charge in [-0.05, 0) is 45.6 Å². The maximum atomic E-state index is 12.7. The first-order valence-electron chi connectivity index (χ1n) is 8.45. The summed E-state index contributed by atoms with van der Waals surface area (Å²) in [5, 5.41) is 3.53. The number of piperidine rings is 2. The van der Waals surface area contributed by atoms with Gasteiger partial charge < -0.3 is 9.80 Å². The van der Waals surface area contributed by atoms with E-state index in [1.807, 2.05) is 0 Å². The highest BCUT2D eigenvalue weighted by Gasteiger charge is 2.45. The van der Waals surface area contributed by atoms with Crippen LogP contribution in [0.4, 0.5) is 0 Å². The molecule has 0 aromatic heterocycles. The summed E-state index contributed by atoms with van der Waals surface area (Å²) in [5.74, 6) is 0.354. The number of nitrogens with one attached hydrogen (secondary N) is 1. The molecule has 2 bridgehead atoms. The lowest BCUT2D eigenvalue weighted by Gasteiger charge is -2.49. The van der Waals surface area contributed by atoms with Gasteiger partial charge in [0, 0.05) is 18.1 Å². The van der Waals surface area contributed by atoms with E-state index in [0.717, 1.165) is 12.8 Å². The second-order valence-corrected chi connectivity index (χ2v) is 6.83. The molecular formula is C16H29N3O. The Morgan fingerprint density at radius 2 is 1.75 bits per heavy atom. The molecule has 0 aromatic rings. The van der Waals surface area contributed by atoms with Crippen LogP contribution in [0.5, 0.6) is 0 Å². The number of rotatable bonds is 3. The van der Waals surface area contributed by atoms with Crippen LogP contribution in [0.1, 0.15) is 58.8 Å². The maximum Gasteiger partial charge on any atom is 0.241 e. The van der Waals surface area contributed by atoms with Crippen molar-refractivity contribution in [3.8, 4) is 0 Å². The van der Waals surface area contributed by atoms with Crippen LogP contribution in [0.2, 0.25) is 0 Å². The van der Waals surface area contributed by atoms with Crippen LogP contribution >= 0.6 is 0 Å². The summed E-state index contributed by atoms with van der Waals surface area (Å²) < 4.78 is 0. The average molecular weight is 279 g/mol. The van der Waals surface area contributed by atoms with Crippen molar-refractivity contribution in [1.29, 1.82) is 0 Å². The molecule has 1 amide bonds. The standard InChI is InChI=1S/C16H29N3O/c1-4-14-16(20)19(15(5-2)17-14)13-9-11-7-6-8-12(10-13)18(11)3/h11-15,17H,4-10H2,1-3H3. The minimum atomic E-state index is 0.0550. The zero-order valence-corrected chi connectivity index (χ0v) is 13.1. The van der Waals surface area contributed by atoms with Crippen molar-refractivity contribution in [2.45, 2.75) is 89.1 Å². The van der Waals surface area contributed by atoms with Crippen molar-refractivity contribution in [3.63, 3.8) is 0 Å². The molecule has 4 atom stereocenters. The van der Waals surface area contributed by atoms with Gasteiger partial charge in [0.1, 0.15) is 0 Å². The van der Waals surface area contributed by atoms with E-state index in [2.05, 4.69) is 36.0 Å². The fourth-order valence-corrected chi connectivity index (χ4v) is 4.57. The molecule has 3 aliphatic heterocycles. The van der Waals surface area contributed by atoms with Crippen LogP contribution in [-0.4, -0.2) is 53.1 Å². The van der Waals surface area contributed by atoms with Crippen LogP contribution in [0.25, 0.3) is 0 Å². The predicted octanol–water partition coefficient (Wildman–Crippen LogP) is 1.95. The van der Waals surface area contributed by atoms with E-state index in [4.69, 9.17) is 0 Å². The Hall–Kier alpha value is -0.610. The van der Waals surface area contributed by atoms with Crippen molar-refractivity contribution in [3.05, 3.63) is 0 Å². The molecule has 20 heavy (non-hydrogen) atoms. The largest absolute Gasteiger partial charge is 0.323 e. The SMILES string of the molecule is CCC1NC(CC)N(C2CC3CCCC(C2)N3C)C1=O. The fourth-order valence-electron chi connectivity index (χ4n) is 4.57. The fraction of sp³-hybridized carbons (Fsp3) is 0.938. The number of hydrogen-bond acceptors (Lipinski definition) is 3.